The van der Waals surface area contributed by atoms with Gasteiger partial charge in [-0.25, -0.2) is 14.5 Å². The second-order valence-corrected chi connectivity index (χ2v) is 4.80. The fraction of sp³-hybridized carbons (Fsp3) is 0.583. The summed E-state index contributed by atoms with van der Waals surface area (Å²) in [5, 5.41) is 3.86. The van der Waals surface area contributed by atoms with E-state index >= 15 is 0 Å². The predicted molar refractivity (Wildman–Crippen MR) is 68.4 cm³/mol. The maximum Gasteiger partial charge on any atom is 0.510 e. The number of rotatable bonds is 3. The van der Waals surface area contributed by atoms with E-state index in [9.17, 15) is 9.59 Å². The molecule has 2 amide bonds. The van der Waals surface area contributed by atoms with E-state index in [0.29, 0.717) is 11.6 Å². The minimum atomic E-state index is -0.851. The first-order valence-electron chi connectivity index (χ1n) is 6.19. The highest BCUT2D eigenvalue weighted by molar-refractivity contribution is 5.93. The Balaban J connectivity index is 2.24. The van der Waals surface area contributed by atoms with E-state index in [1.807, 2.05) is 13.8 Å². The highest BCUT2D eigenvalue weighted by Gasteiger charge is 2.41. The smallest absolute Gasteiger partial charge is 0.438 e. The zero-order valence-corrected chi connectivity index (χ0v) is 11.8. The van der Waals surface area contributed by atoms with Gasteiger partial charge < -0.3 is 18.9 Å². The van der Waals surface area contributed by atoms with Gasteiger partial charge in [0.15, 0.2) is 5.82 Å². The van der Waals surface area contributed by atoms with Crippen LogP contribution in [0.5, 0.6) is 0 Å². The minimum Gasteiger partial charge on any atom is -0.438 e. The summed E-state index contributed by atoms with van der Waals surface area (Å²) < 4.78 is 14.7. The van der Waals surface area contributed by atoms with E-state index in [4.69, 9.17) is 9.26 Å². The molecule has 1 atom stereocenters. The average molecular weight is 283 g/mol. The van der Waals surface area contributed by atoms with Crippen molar-refractivity contribution < 1.29 is 23.6 Å². The Morgan fingerprint density at radius 3 is 2.80 bits per heavy atom. The van der Waals surface area contributed by atoms with Crippen molar-refractivity contribution in [1.82, 2.24) is 10.1 Å². The third-order valence-corrected chi connectivity index (χ3v) is 2.98. The lowest BCUT2D eigenvalue weighted by molar-refractivity contribution is 0.0414. The van der Waals surface area contributed by atoms with E-state index in [2.05, 4.69) is 9.89 Å². The molecule has 1 aromatic heterocycles. The number of ether oxygens (including phenoxy) is 2. The zero-order valence-electron chi connectivity index (χ0n) is 11.8. The first-order valence-corrected chi connectivity index (χ1v) is 6.19. The maximum absolute atomic E-state index is 12.1. The van der Waals surface area contributed by atoms with Crippen molar-refractivity contribution >= 4 is 18.0 Å². The number of likely N-dealkylation sites (N-methyl/N-ethyl adjacent to an activating group) is 1. The summed E-state index contributed by atoms with van der Waals surface area (Å²) in [4.78, 5) is 26.0. The number of amides is 2. The molecule has 0 bridgehead atoms. The van der Waals surface area contributed by atoms with Crippen LogP contribution in [0.3, 0.4) is 0 Å². The normalized spacial score (nSPS) is 18.9. The number of hydrogen-bond acceptors (Lipinski definition) is 6. The molecule has 2 rings (SSSR count). The number of methoxy groups -OCH3 is 1. The van der Waals surface area contributed by atoms with Crippen LogP contribution < -0.4 is 4.90 Å². The first-order chi connectivity index (χ1) is 9.43. The number of aromatic nitrogens is 1. The van der Waals surface area contributed by atoms with Gasteiger partial charge in [-0.05, 0) is 0 Å². The molecule has 0 aliphatic carbocycles. The minimum absolute atomic E-state index is 0.145. The molecule has 110 valence electrons. The maximum atomic E-state index is 12.1. The van der Waals surface area contributed by atoms with Crippen molar-refractivity contribution in [1.29, 1.82) is 0 Å². The van der Waals surface area contributed by atoms with Crippen molar-refractivity contribution in [2.75, 3.05) is 25.6 Å². The van der Waals surface area contributed by atoms with Gasteiger partial charge in [-0.2, -0.15) is 0 Å². The molecule has 8 heteroatoms. The molecule has 1 aliphatic heterocycles. The van der Waals surface area contributed by atoms with Crippen LogP contribution in [0, 0.1) is 0 Å². The summed E-state index contributed by atoms with van der Waals surface area (Å²) in [5.41, 5.74) is 0. The monoisotopic (exact) mass is 283 g/mol. The Labute approximate surface area is 116 Å². The van der Waals surface area contributed by atoms with Crippen LogP contribution >= 0.6 is 0 Å². The van der Waals surface area contributed by atoms with Gasteiger partial charge in [0.2, 0.25) is 6.23 Å². The fourth-order valence-electron chi connectivity index (χ4n) is 1.86. The Morgan fingerprint density at radius 1 is 1.55 bits per heavy atom. The van der Waals surface area contributed by atoms with E-state index in [-0.39, 0.29) is 18.5 Å². The summed E-state index contributed by atoms with van der Waals surface area (Å²) in [6.45, 7) is 4.13. The Kier molecular flexibility index (Phi) is 3.82. The summed E-state index contributed by atoms with van der Waals surface area (Å²) in [6, 6.07) is 1.34. The topological polar surface area (TPSA) is 85.1 Å². The van der Waals surface area contributed by atoms with Crippen LogP contribution in [0.4, 0.5) is 15.4 Å². The van der Waals surface area contributed by atoms with Crippen LogP contribution in [0.15, 0.2) is 10.6 Å². The molecule has 1 fully saturated rings. The lowest BCUT2D eigenvalue weighted by Gasteiger charge is -2.19. The van der Waals surface area contributed by atoms with Gasteiger partial charge in [-0.3, -0.25) is 0 Å². The molecule has 0 spiro atoms. The molecule has 2 heterocycles. The molecule has 20 heavy (non-hydrogen) atoms. The molecule has 0 radical (unpaired) electrons. The molecule has 0 saturated carbocycles. The number of anilines is 1. The molecule has 0 aromatic carbocycles. The van der Waals surface area contributed by atoms with Gasteiger partial charge in [0.1, 0.15) is 5.76 Å². The quantitative estimate of drug-likeness (QED) is 0.786. The van der Waals surface area contributed by atoms with Crippen LogP contribution in [0.1, 0.15) is 25.5 Å². The molecular formula is C12H17N3O5. The van der Waals surface area contributed by atoms with Gasteiger partial charge in [-0.15, -0.1) is 0 Å². The third kappa shape index (κ3) is 2.54. The SMILES string of the molecule is COC(=O)OC1CN(C)C(=O)N1c1cc(C(C)C)on1. The molecule has 1 unspecified atom stereocenters. The fourth-order valence-corrected chi connectivity index (χ4v) is 1.86. The third-order valence-electron chi connectivity index (χ3n) is 2.98. The molecular weight excluding hydrogens is 266 g/mol. The number of urea groups is 1. The second kappa shape index (κ2) is 5.40. The van der Waals surface area contributed by atoms with Gasteiger partial charge in [0, 0.05) is 19.0 Å². The van der Waals surface area contributed by atoms with Crippen molar-refractivity contribution in [2.24, 2.45) is 0 Å². The summed E-state index contributed by atoms with van der Waals surface area (Å²) in [7, 11) is 2.82. The Bertz CT molecular complexity index is 513. The molecule has 8 nitrogen and oxygen atoms in total. The summed E-state index contributed by atoms with van der Waals surface area (Å²) in [5.74, 6) is 1.11. The highest BCUT2D eigenvalue weighted by Crippen LogP contribution is 2.27. The first kappa shape index (κ1) is 14.2. The van der Waals surface area contributed by atoms with E-state index in [1.54, 1.807) is 13.1 Å². The molecule has 1 aromatic rings. The number of hydrogen-bond donors (Lipinski definition) is 0. The second-order valence-electron chi connectivity index (χ2n) is 4.80. The summed E-state index contributed by atoms with van der Waals surface area (Å²) >= 11 is 0. The van der Waals surface area contributed by atoms with E-state index < -0.39 is 12.4 Å². The average Bonchev–Trinajstić information content (AvgIpc) is 2.96. The van der Waals surface area contributed by atoms with Gasteiger partial charge in [-0.1, -0.05) is 19.0 Å². The Morgan fingerprint density at radius 2 is 2.25 bits per heavy atom. The van der Waals surface area contributed by atoms with Gasteiger partial charge in [0.05, 0.1) is 13.7 Å². The van der Waals surface area contributed by atoms with Crippen molar-refractivity contribution in [3.8, 4) is 0 Å². The zero-order chi connectivity index (χ0) is 14.9. The van der Waals surface area contributed by atoms with Crippen molar-refractivity contribution in [2.45, 2.75) is 26.0 Å². The van der Waals surface area contributed by atoms with Crippen LogP contribution in [0.2, 0.25) is 0 Å². The van der Waals surface area contributed by atoms with Crippen LogP contribution in [-0.4, -0.2) is 49.2 Å². The lowest BCUT2D eigenvalue weighted by Crippen LogP contribution is -2.37. The molecule has 1 saturated heterocycles. The van der Waals surface area contributed by atoms with Crippen LogP contribution in [0.25, 0.3) is 0 Å². The number of nitrogens with zero attached hydrogens (tertiary/aromatic N) is 3. The van der Waals surface area contributed by atoms with E-state index in [0.717, 1.165) is 0 Å². The summed E-state index contributed by atoms with van der Waals surface area (Å²) in [6.07, 6.45) is -1.64. The number of carbonyl (C=O) groups excluding carboxylic acids is 2. The Hall–Kier alpha value is -2.25. The highest BCUT2D eigenvalue weighted by atomic mass is 16.7. The van der Waals surface area contributed by atoms with Gasteiger partial charge in [0.25, 0.3) is 0 Å². The standard InChI is InChI=1S/C12H17N3O5/c1-7(2)8-5-9(13-20-8)15-10(19-12(17)18-4)6-14(3)11(15)16/h5,7,10H,6H2,1-4H3. The molecule has 1 aliphatic rings. The van der Waals surface area contributed by atoms with Gasteiger partial charge >= 0.3 is 12.2 Å². The molecule has 0 N–H and O–H groups in total. The van der Waals surface area contributed by atoms with E-state index in [1.165, 1.54) is 16.9 Å². The predicted octanol–water partition coefficient (Wildman–Crippen LogP) is 1.78. The van der Waals surface area contributed by atoms with Crippen LogP contribution in [-0.2, 0) is 9.47 Å². The largest absolute Gasteiger partial charge is 0.510 e. The van der Waals surface area contributed by atoms with Crippen molar-refractivity contribution in [3.63, 3.8) is 0 Å². The van der Waals surface area contributed by atoms with Crippen molar-refractivity contribution in [3.05, 3.63) is 11.8 Å². The number of carbonyl (C=O) groups is 2. The lowest BCUT2D eigenvalue weighted by atomic mass is 10.1.